The summed E-state index contributed by atoms with van der Waals surface area (Å²) >= 11 is 7.34. The quantitative estimate of drug-likeness (QED) is 0.806. The fourth-order valence-corrected chi connectivity index (χ4v) is 3.47. The molecule has 106 valence electrons. The van der Waals surface area contributed by atoms with Crippen molar-refractivity contribution in [3.8, 4) is 0 Å². The zero-order chi connectivity index (χ0) is 14.0. The highest BCUT2D eigenvalue weighted by molar-refractivity contribution is 7.08. The molecule has 1 atom stereocenters. The maximum atomic E-state index is 12.5. The minimum Gasteiger partial charge on any atom is -0.338 e. The van der Waals surface area contributed by atoms with Gasteiger partial charge in [-0.3, -0.25) is 4.79 Å². The van der Waals surface area contributed by atoms with Gasteiger partial charge < -0.3 is 4.90 Å². The van der Waals surface area contributed by atoms with Crippen LogP contribution in [0.1, 0.15) is 54.9 Å². The number of piperidine rings is 1. The smallest absolute Gasteiger partial charge is 0.267 e. The molecule has 0 radical (unpaired) electrons. The lowest BCUT2D eigenvalue weighted by Gasteiger charge is -2.33. The van der Waals surface area contributed by atoms with E-state index in [0.29, 0.717) is 10.8 Å². The van der Waals surface area contributed by atoms with E-state index in [-0.39, 0.29) is 17.2 Å². The van der Waals surface area contributed by atoms with Gasteiger partial charge in [0.15, 0.2) is 0 Å². The lowest BCUT2D eigenvalue weighted by molar-refractivity contribution is 0.0693. The van der Waals surface area contributed by atoms with Crippen molar-refractivity contribution in [2.24, 2.45) is 5.92 Å². The number of hydrogen-bond acceptors (Lipinski definition) is 4. The van der Waals surface area contributed by atoms with Crippen molar-refractivity contribution in [3.63, 3.8) is 0 Å². The highest BCUT2D eigenvalue weighted by atomic mass is 35.5. The first-order chi connectivity index (χ1) is 9.00. The second-order valence-corrected chi connectivity index (χ2v) is 6.89. The molecule has 1 aliphatic heterocycles. The fraction of sp³-hybridized carbons (Fsp3) is 0.769. The summed E-state index contributed by atoms with van der Waals surface area (Å²) in [4.78, 5) is 15.1. The summed E-state index contributed by atoms with van der Waals surface area (Å²) in [6.45, 7) is 7.68. The first-order valence-electron chi connectivity index (χ1n) is 6.76. The van der Waals surface area contributed by atoms with Gasteiger partial charge in [-0.15, -0.1) is 16.7 Å². The molecule has 1 saturated heterocycles. The summed E-state index contributed by atoms with van der Waals surface area (Å²) in [6.07, 6.45) is 1.97. The van der Waals surface area contributed by atoms with E-state index in [0.717, 1.165) is 31.6 Å². The topological polar surface area (TPSA) is 46.1 Å². The van der Waals surface area contributed by atoms with Crippen LogP contribution in [0.15, 0.2) is 0 Å². The number of likely N-dealkylation sites (tertiary alicyclic amines) is 1. The highest BCUT2D eigenvalue weighted by Crippen LogP contribution is 2.27. The predicted molar refractivity (Wildman–Crippen MR) is 77.9 cm³/mol. The van der Waals surface area contributed by atoms with Gasteiger partial charge in [0.1, 0.15) is 4.88 Å². The van der Waals surface area contributed by atoms with Gasteiger partial charge in [-0.25, -0.2) is 0 Å². The van der Waals surface area contributed by atoms with Crippen molar-refractivity contribution < 1.29 is 4.79 Å². The van der Waals surface area contributed by atoms with E-state index in [1.54, 1.807) is 0 Å². The molecule has 1 aromatic rings. The van der Waals surface area contributed by atoms with Crippen LogP contribution in [0.3, 0.4) is 0 Å². The lowest BCUT2D eigenvalue weighted by Crippen LogP contribution is -2.40. The SMILES string of the molecule is CC(C)c1nnsc1C(=O)N1CCC(C(C)Cl)CC1. The third kappa shape index (κ3) is 3.26. The minimum absolute atomic E-state index is 0.0828. The van der Waals surface area contributed by atoms with Crippen LogP contribution < -0.4 is 0 Å². The average Bonchev–Trinajstić information content (AvgIpc) is 2.87. The summed E-state index contributed by atoms with van der Waals surface area (Å²) in [5.41, 5.74) is 0.822. The molecule has 1 fully saturated rings. The number of nitrogens with zero attached hydrogens (tertiary/aromatic N) is 3. The van der Waals surface area contributed by atoms with E-state index in [2.05, 4.69) is 9.59 Å². The summed E-state index contributed by atoms with van der Waals surface area (Å²) in [6, 6.07) is 0. The molecule has 0 aliphatic carbocycles. The number of hydrogen-bond donors (Lipinski definition) is 0. The second-order valence-electron chi connectivity index (χ2n) is 5.45. The zero-order valence-corrected chi connectivity index (χ0v) is 13.2. The molecule has 1 amide bonds. The summed E-state index contributed by atoms with van der Waals surface area (Å²) in [5.74, 6) is 0.840. The Labute approximate surface area is 123 Å². The minimum atomic E-state index is 0.0828. The second kappa shape index (κ2) is 6.18. The van der Waals surface area contributed by atoms with Gasteiger partial charge in [-0.1, -0.05) is 18.3 Å². The van der Waals surface area contributed by atoms with Gasteiger partial charge in [-0.2, -0.15) is 0 Å². The van der Waals surface area contributed by atoms with E-state index in [9.17, 15) is 4.79 Å². The molecule has 1 aliphatic rings. The van der Waals surface area contributed by atoms with Crippen molar-refractivity contribution in [3.05, 3.63) is 10.6 Å². The number of carbonyl (C=O) groups is 1. The largest absolute Gasteiger partial charge is 0.338 e. The number of halogens is 1. The van der Waals surface area contributed by atoms with E-state index < -0.39 is 0 Å². The molecule has 0 aromatic carbocycles. The molecule has 0 N–H and O–H groups in total. The van der Waals surface area contributed by atoms with Crippen LogP contribution in [-0.2, 0) is 0 Å². The normalized spacial score (nSPS) is 18.9. The Morgan fingerprint density at radius 2 is 2.00 bits per heavy atom. The van der Waals surface area contributed by atoms with Crippen molar-refractivity contribution in [2.45, 2.75) is 44.9 Å². The van der Waals surface area contributed by atoms with Gasteiger partial charge in [0.05, 0.1) is 5.69 Å². The highest BCUT2D eigenvalue weighted by Gasteiger charge is 2.29. The third-order valence-corrected chi connectivity index (χ3v) is 4.82. The van der Waals surface area contributed by atoms with Crippen molar-refractivity contribution in [1.82, 2.24) is 14.5 Å². The van der Waals surface area contributed by atoms with E-state index in [1.807, 2.05) is 25.7 Å². The molecule has 6 heteroatoms. The van der Waals surface area contributed by atoms with E-state index in [4.69, 9.17) is 11.6 Å². The number of rotatable bonds is 3. The Morgan fingerprint density at radius 1 is 1.37 bits per heavy atom. The van der Waals surface area contributed by atoms with Crippen LogP contribution in [-0.4, -0.2) is 38.9 Å². The first-order valence-corrected chi connectivity index (χ1v) is 7.97. The Morgan fingerprint density at radius 3 is 2.53 bits per heavy atom. The molecule has 2 heterocycles. The zero-order valence-electron chi connectivity index (χ0n) is 11.6. The first kappa shape index (κ1) is 14.7. The molecular formula is C13H20ClN3OS. The van der Waals surface area contributed by atoms with Crippen LogP contribution in [0, 0.1) is 5.92 Å². The summed E-state index contributed by atoms with van der Waals surface area (Å²) in [5, 5.41) is 4.26. The molecule has 19 heavy (non-hydrogen) atoms. The molecule has 4 nitrogen and oxygen atoms in total. The molecule has 1 unspecified atom stereocenters. The standard InChI is InChI=1S/C13H20ClN3OS/c1-8(2)11-12(19-16-15-11)13(18)17-6-4-10(5-7-17)9(3)14/h8-10H,4-7H2,1-3H3. The molecule has 0 spiro atoms. The predicted octanol–water partition coefficient (Wildman–Crippen LogP) is 3.14. The number of alkyl halides is 1. The van der Waals surface area contributed by atoms with Crippen LogP contribution in [0.5, 0.6) is 0 Å². The summed E-state index contributed by atoms with van der Waals surface area (Å²) in [7, 11) is 0. The fourth-order valence-electron chi connectivity index (χ4n) is 2.43. The Hall–Kier alpha value is -0.680. The number of amides is 1. The van der Waals surface area contributed by atoms with Crippen LogP contribution in [0.25, 0.3) is 0 Å². The van der Waals surface area contributed by atoms with Crippen LogP contribution in [0.2, 0.25) is 0 Å². The Kier molecular flexibility index (Phi) is 4.79. The van der Waals surface area contributed by atoms with Crippen LogP contribution in [0.4, 0.5) is 0 Å². The molecular weight excluding hydrogens is 282 g/mol. The maximum absolute atomic E-state index is 12.5. The molecule has 1 aromatic heterocycles. The van der Waals surface area contributed by atoms with Gasteiger partial charge in [0.2, 0.25) is 0 Å². The number of carbonyl (C=O) groups excluding carboxylic acids is 1. The Bertz CT molecular complexity index is 439. The molecule has 0 saturated carbocycles. The van der Waals surface area contributed by atoms with E-state index >= 15 is 0 Å². The lowest BCUT2D eigenvalue weighted by atomic mass is 9.94. The van der Waals surface area contributed by atoms with E-state index in [1.165, 1.54) is 11.5 Å². The van der Waals surface area contributed by atoms with Crippen molar-refractivity contribution >= 4 is 29.0 Å². The molecule has 0 bridgehead atoms. The molecule has 2 rings (SSSR count). The maximum Gasteiger partial charge on any atom is 0.267 e. The van der Waals surface area contributed by atoms with Gasteiger partial charge in [0.25, 0.3) is 5.91 Å². The van der Waals surface area contributed by atoms with Gasteiger partial charge >= 0.3 is 0 Å². The third-order valence-electron chi connectivity index (χ3n) is 3.73. The Balaban J connectivity index is 2.03. The van der Waals surface area contributed by atoms with Crippen molar-refractivity contribution in [2.75, 3.05) is 13.1 Å². The van der Waals surface area contributed by atoms with Crippen LogP contribution >= 0.6 is 23.1 Å². The van der Waals surface area contributed by atoms with Gasteiger partial charge in [0, 0.05) is 18.5 Å². The van der Waals surface area contributed by atoms with Gasteiger partial charge in [-0.05, 0) is 43.1 Å². The summed E-state index contributed by atoms with van der Waals surface area (Å²) < 4.78 is 3.93. The van der Waals surface area contributed by atoms with Crippen molar-refractivity contribution in [1.29, 1.82) is 0 Å². The monoisotopic (exact) mass is 301 g/mol. The number of aromatic nitrogens is 2. The average molecular weight is 302 g/mol.